The number of Topliss-reactive ketones (excluding diaryl/α,β-unsaturated/α-hetero) is 1. The first-order valence-corrected chi connectivity index (χ1v) is 8.78. The maximum Gasteiger partial charge on any atom is 0.268 e. The molecule has 0 bridgehead atoms. The summed E-state index contributed by atoms with van der Waals surface area (Å²) in [6.07, 6.45) is 2.13. The standard InChI is InChI=1S/C18H20F2N4O3/c19-18(20)9-13(10-21)24(12-18)17(26)2-1-16(25)14-3-4-22-11-15(14)23-5-7-27-8-6-23/h3-4,11,13H,1-2,5-9,12H2/t13-/m0/s1. The summed E-state index contributed by atoms with van der Waals surface area (Å²) < 4.78 is 32.3. The number of pyridine rings is 1. The molecule has 2 aliphatic rings. The predicted molar refractivity (Wildman–Crippen MR) is 91.5 cm³/mol. The molecule has 144 valence electrons. The summed E-state index contributed by atoms with van der Waals surface area (Å²) in [5.74, 6) is -3.92. The topological polar surface area (TPSA) is 86.5 Å². The van der Waals surface area contributed by atoms with Crippen molar-refractivity contribution in [2.75, 3.05) is 37.7 Å². The Morgan fingerprint density at radius 3 is 2.78 bits per heavy atom. The summed E-state index contributed by atoms with van der Waals surface area (Å²) >= 11 is 0. The monoisotopic (exact) mass is 378 g/mol. The number of likely N-dealkylation sites (tertiary alicyclic amines) is 1. The van der Waals surface area contributed by atoms with Crippen LogP contribution in [0.1, 0.15) is 29.6 Å². The van der Waals surface area contributed by atoms with E-state index in [-0.39, 0.29) is 18.6 Å². The number of ketones is 1. The average molecular weight is 378 g/mol. The highest BCUT2D eigenvalue weighted by Crippen LogP contribution is 2.32. The molecule has 2 fully saturated rings. The zero-order chi connectivity index (χ0) is 19.4. The Hall–Kier alpha value is -2.60. The van der Waals surface area contributed by atoms with Crippen LogP contribution in [0.5, 0.6) is 0 Å². The fourth-order valence-corrected chi connectivity index (χ4v) is 3.37. The minimum Gasteiger partial charge on any atom is -0.378 e. The van der Waals surface area contributed by atoms with E-state index < -0.39 is 30.8 Å². The Labute approximate surface area is 155 Å². The second kappa shape index (κ2) is 7.96. The second-order valence-electron chi connectivity index (χ2n) is 6.64. The van der Waals surface area contributed by atoms with Crippen molar-refractivity contribution in [3.8, 4) is 6.07 Å². The van der Waals surface area contributed by atoms with Crippen molar-refractivity contribution in [3.63, 3.8) is 0 Å². The molecular weight excluding hydrogens is 358 g/mol. The number of hydrogen-bond donors (Lipinski definition) is 0. The van der Waals surface area contributed by atoms with Crippen LogP contribution in [0.3, 0.4) is 0 Å². The fourth-order valence-electron chi connectivity index (χ4n) is 3.37. The Morgan fingerprint density at radius 2 is 2.07 bits per heavy atom. The van der Waals surface area contributed by atoms with Gasteiger partial charge in [-0.2, -0.15) is 5.26 Å². The van der Waals surface area contributed by atoms with E-state index in [1.165, 1.54) is 6.20 Å². The average Bonchev–Trinajstić information content (AvgIpc) is 3.01. The largest absolute Gasteiger partial charge is 0.378 e. The van der Waals surface area contributed by atoms with Crippen molar-refractivity contribution in [2.24, 2.45) is 0 Å². The summed E-state index contributed by atoms with van der Waals surface area (Å²) in [5.41, 5.74) is 1.13. The van der Waals surface area contributed by atoms with Crippen LogP contribution in [-0.4, -0.2) is 66.4 Å². The van der Waals surface area contributed by atoms with Gasteiger partial charge in [-0.1, -0.05) is 0 Å². The highest BCUT2D eigenvalue weighted by atomic mass is 19.3. The van der Waals surface area contributed by atoms with Gasteiger partial charge in [0.2, 0.25) is 5.91 Å². The lowest BCUT2D eigenvalue weighted by atomic mass is 10.0. The lowest BCUT2D eigenvalue weighted by Crippen LogP contribution is -2.37. The summed E-state index contributed by atoms with van der Waals surface area (Å²) in [6.45, 7) is 1.61. The number of carbonyl (C=O) groups is 2. The minimum atomic E-state index is -3.06. The number of nitrogens with zero attached hydrogens (tertiary/aromatic N) is 4. The zero-order valence-corrected chi connectivity index (χ0v) is 14.7. The molecule has 0 spiro atoms. The number of halogens is 2. The number of rotatable bonds is 5. The van der Waals surface area contributed by atoms with Gasteiger partial charge in [0, 0.05) is 44.1 Å². The van der Waals surface area contributed by atoms with E-state index in [2.05, 4.69) is 4.98 Å². The van der Waals surface area contributed by atoms with Gasteiger partial charge in [0.05, 0.1) is 37.7 Å². The third kappa shape index (κ3) is 4.39. The molecule has 7 nitrogen and oxygen atoms in total. The van der Waals surface area contributed by atoms with Crippen molar-refractivity contribution in [1.29, 1.82) is 5.26 Å². The molecule has 0 aromatic carbocycles. The number of aromatic nitrogens is 1. The summed E-state index contributed by atoms with van der Waals surface area (Å²) in [7, 11) is 0. The van der Waals surface area contributed by atoms with Crippen LogP contribution >= 0.6 is 0 Å². The maximum atomic E-state index is 13.5. The molecule has 27 heavy (non-hydrogen) atoms. The molecule has 1 aromatic rings. The van der Waals surface area contributed by atoms with Gasteiger partial charge in [-0.15, -0.1) is 0 Å². The first-order valence-electron chi connectivity index (χ1n) is 8.78. The van der Waals surface area contributed by atoms with Crippen LogP contribution < -0.4 is 4.90 Å². The Bertz CT molecular complexity index is 759. The van der Waals surface area contributed by atoms with Crippen LogP contribution in [0.25, 0.3) is 0 Å². The number of hydrogen-bond acceptors (Lipinski definition) is 6. The van der Waals surface area contributed by atoms with E-state index in [4.69, 9.17) is 10.00 Å². The van der Waals surface area contributed by atoms with Crippen molar-refractivity contribution in [1.82, 2.24) is 9.88 Å². The number of nitriles is 1. The van der Waals surface area contributed by atoms with Crippen molar-refractivity contribution < 1.29 is 23.1 Å². The quantitative estimate of drug-likeness (QED) is 0.724. The molecule has 2 saturated heterocycles. The molecule has 3 heterocycles. The zero-order valence-electron chi connectivity index (χ0n) is 14.7. The number of anilines is 1. The molecule has 0 N–H and O–H groups in total. The maximum absolute atomic E-state index is 13.5. The molecule has 1 amide bonds. The van der Waals surface area contributed by atoms with Crippen LogP contribution in [-0.2, 0) is 9.53 Å². The third-order valence-corrected chi connectivity index (χ3v) is 4.76. The highest BCUT2D eigenvalue weighted by molar-refractivity contribution is 6.02. The highest BCUT2D eigenvalue weighted by Gasteiger charge is 2.47. The van der Waals surface area contributed by atoms with Gasteiger partial charge < -0.3 is 14.5 Å². The van der Waals surface area contributed by atoms with Gasteiger partial charge in [-0.3, -0.25) is 14.6 Å². The van der Waals surface area contributed by atoms with Gasteiger partial charge in [-0.05, 0) is 6.07 Å². The minimum absolute atomic E-state index is 0.111. The van der Waals surface area contributed by atoms with Gasteiger partial charge >= 0.3 is 0 Å². The van der Waals surface area contributed by atoms with Crippen LogP contribution in [0, 0.1) is 11.3 Å². The normalized spacial score (nSPS) is 21.7. The Balaban J connectivity index is 1.65. The Kier molecular flexibility index (Phi) is 5.65. The van der Waals surface area contributed by atoms with Gasteiger partial charge in [0.1, 0.15) is 6.04 Å². The van der Waals surface area contributed by atoms with Crippen LogP contribution in [0.15, 0.2) is 18.5 Å². The summed E-state index contributed by atoms with van der Waals surface area (Å²) in [6, 6.07) is 2.19. The van der Waals surface area contributed by atoms with Crippen molar-refractivity contribution >= 4 is 17.4 Å². The van der Waals surface area contributed by atoms with Crippen LogP contribution in [0.2, 0.25) is 0 Å². The first kappa shape index (κ1) is 19.2. The molecular formula is C18H20F2N4O3. The van der Waals surface area contributed by atoms with Gasteiger partial charge in [0.25, 0.3) is 5.92 Å². The van der Waals surface area contributed by atoms with E-state index in [1.807, 2.05) is 4.90 Å². The van der Waals surface area contributed by atoms with E-state index >= 15 is 0 Å². The summed E-state index contributed by atoms with van der Waals surface area (Å²) in [4.78, 5) is 31.9. The van der Waals surface area contributed by atoms with E-state index in [1.54, 1.807) is 18.3 Å². The lowest BCUT2D eigenvalue weighted by molar-refractivity contribution is -0.132. The number of ether oxygens (including phenoxy) is 1. The number of alkyl halides is 2. The molecule has 0 unspecified atom stereocenters. The van der Waals surface area contributed by atoms with Crippen molar-refractivity contribution in [3.05, 3.63) is 24.0 Å². The molecule has 0 saturated carbocycles. The molecule has 0 aliphatic carbocycles. The number of morpholine rings is 1. The van der Waals surface area contributed by atoms with E-state index in [0.29, 0.717) is 37.6 Å². The van der Waals surface area contributed by atoms with Crippen molar-refractivity contribution in [2.45, 2.75) is 31.2 Å². The molecule has 3 rings (SSSR count). The number of carbonyl (C=O) groups excluding carboxylic acids is 2. The van der Waals surface area contributed by atoms with Crippen LogP contribution in [0.4, 0.5) is 14.5 Å². The van der Waals surface area contributed by atoms with Gasteiger partial charge in [0.15, 0.2) is 5.78 Å². The SMILES string of the molecule is N#C[C@@H]1CC(F)(F)CN1C(=O)CCC(=O)c1ccncc1N1CCOCC1. The molecule has 9 heteroatoms. The fraction of sp³-hybridized carbons (Fsp3) is 0.556. The predicted octanol–water partition coefficient (Wildman–Crippen LogP) is 1.64. The molecule has 0 radical (unpaired) electrons. The van der Waals surface area contributed by atoms with E-state index in [9.17, 15) is 18.4 Å². The number of amides is 1. The third-order valence-electron chi connectivity index (χ3n) is 4.76. The molecule has 1 aromatic heterocycles. The van der Waals surface area contributed by atoms with Gasteiger partial charge in [-0.25, -0.2) is 8.78 Å². The molecule has 1 atom stereocenters. The summed E-state index contributed by atoms with van der Waals surface area (Å²) in [5, 5.41) is 8.99. The first-order chi connectivity index (χ1) is 12.9. The second-order valence-corrected chi connectivity index (χ2v) is 6.64. The molecule has 2 aliphatic heterocycles. The lowest BCUT2D eigenvalue weighted by Gasteiger charge is -2.29. The smallest absolute Gasteiger partial charge is 0.268 e. The van der Waals surface area contributed by atoms with E-state index in [0.717, 1.165) is 4.90 Å². The Morgan fingerprint density at radius 1 is 1.33 bits per heavy atom.